The molecule has 1 N–H and O–H groups in total. The predicted octanol–water partition coefficient (Wildman–Crippen LogP) is 3.81. The Morgan fingerprint density at radius 2 is 2.19 bits per heavy atom. The fourth-order valence-electron chi connectivity index (χ4n) is 1.99. The average molecular weight is 368 g/mol. The molecule has 0 aliphatic carbocycles. The lowest BCUT2D eigenvalue weighted by Gasteiger charge is -2.07. The Morgan fingerprint density at radius 3 is 2.86 bits per heavy atom. The SMILES string of the molecule is COc1ccc(CCC(=O)NCCc2cccs2)cc1Br. The van der Waals surface area contributed by atoms with Gasteiger partial charge in [-0.15, -0.1) is 11.3 Å². The zero-order valence-electron chi connectivity index (χ0n) is 11.9. The minimum atomic E-state index is 0.0958. The van der Waals surface area contributed by atoms with Crippen molar-refractivity contribution in [3.8, 4) is 5.75 Å². The van der Waals surface area contributed by atoms with Crippen LogP contribution in [-0.4, -0.2) is 19.6 Å². The van der Waals surface area contributed by atoms with E-state index >= 15 is 0 Å². The van der Waals surface area contributed by atoms with Gasteiger partial charge in [-0.25, -0.2) is 0 Å². The molecule has 0 saturated heterocycles. The summed E-state index contributed by atoms with van der Waals surface area (Å²) in [5.41, 5.74) is 1.12. The summed E-state index contributed by atoms with van der Waals surface area (Å²) in [6.07, 6.45) is 2.13. The number of hydrogen-bond donors (Lipinski definition) is 1. The van der Waals surface area contributed by atoms with Crippen LogP contribution in [0.4, 0.5) is 0 Å². The van der Waals surface area contributed by atoms with Crippen LogP contribution in [-0.2, 0) is 17.6 Å². The molecule has 1 aromatic carbocycles. The third kappa shape index (κ3) is 5.17. The maximum atomic E-state index is 11.8. The summed E-state index contributed by atoms with van der Waals surface area (Å²) in [7, 11) is 1.64. The molecular formula is C16H18BrNO2S. The summed E-state index contributed by atoms with van der Waals surface area (Å²) in [5.74, 6) is 0.901. The highest BCUT2D eigenvalue weighted by Crippen LogP contribution is 2.25. The fourth-order valence-corrected chi connectivity index (χ4v) is 3.29. The van der Waals surface area contributed by atoms with Crippen LogP contribution in [0.1, 0.15) is 16.9 Å². The van der Waals surface area contributed by atoms with Gasteiger partial charge < -0.3 is 10.1 Å². The van der Waals surface area contributed by atoms with Crippen molar-refractivity contribution in [1.29, 1.82) is 0 Å². The second kappa shape index (κ2) is 8.20. The Bertz CT molecular complexity index is 584. The molecule has 1 heterocycles. The highest BCUT2D eigenvalue weighted by atomic mass is 79.9. The first-order valence-electron chi connectivity index (χ1n) is 6.80. The number of methoxy groups -OCH3 is 1. The number of carbonyl (C=O) groups is 1. The zero-order chi connectivity index (χ0) is 15.1. The Labute approximate surface area is 137 Å². The van der Waals surface area contributed by atoms with Crippen LogP contribution in [0.15, 0.2) is 40.2 Å². The van der Waals surface area contributed by atoms with E-state index in [4.69, 9.17) is 4.74 Å². The van der Waals surface area contributed by atoms with Crippen molar-refractivity contribution in [1.82, 2.24) is 5.32 Å². The van der Waals surface area contributed by atoms with E-state index in [1.54, 1.807) is 18.4 Å². The molecule has 0 atom stereocenters. The van der Waals surface area contributed by atoms with Gasteiger partial charge in [-0.05, 0) is 57.9 Å². The standard InChI is InChI=1S/C16H18BrNO2S/c1-20-15-6-4-12(11-14(15)17)5-7-16(19)18-9-8-13-3-2-10-21-13/h2-4,6,10-11H,5,7-9H2,1H3,(H,18,19). The summed E-state index contributed by atoms with van der Waals surface area (Å²) in [6, 6.07) is 10.0. The molecule has 0 unspecified atom stereocenters. The highest BCUT2D eigenvalue weighted by Gasteiger charge is 2.05. The van der Waals surface area contributed by atoms with Gasteiger partial charge in [0.2, 0.25) is 5.91 Å². The van der Waals surface area contributed by atoms with Crippen molar-refractivity contribution in [3.63, 3.8) is 0 Å². The van der Waals surface area contributed by atoms with Crippen molar-refractivity contribution < 1.29 is 9.53 Å². The number of rotatable bonds is 7. The van der Waals surface area contributed by atoms with Crippen LogP contribution >= 0.6 is 27.3 Å². The van der Waals surface area contributed by atoms with Crippen molar-refractivity contribution in [2.45, 2.75) is 19.3 Å². The first-order valence-corrected chi connectivity index (χ1v) is 8.48. The van der Waals surface area contributed by atoms with E-state index < -0.39 is 0 Å². The number of aryl methyl sites for hydroxylation is 1. The molecule has 1 aromatic heterocycles. The largest absolute Gasteiger partial charge is 0.496 e. The molecule has 112 valence electrons. The molecule has 0 fully saturated rings. The smallest absolute Gasteiger partial charge is 0.220 e. The number of benzene rings is 1. The van der Waals surface area contributed by atoms with Crippen molar-refractivity contribution in [2.24, 2.45) is 0 Å². The fraction of sp³-hybridized carbons (Fsp3) is 0.312. The Kier molecular flexibility index (Phi) is 6.26. The van der Waals surface area contributed by atoms with Gasteiger partial charge in [-0.2, -0.15) is 0 Å². The lowest BCUT2D eigenvalue weighted by atomic mass is 10.1. The van der Waals surface area contributed by atoms with E-state index in [0.29, 0.717) is 13.0 Å². The number of halogens is 1. The van der Waals surface area contributed by atoms with Gasteiger partial charge >= 0.3 is 0 Å². The minimum Gasteiger partial charge on any atom is -0.496 e. The van der Waals surface area contributed by atoms with Gasteiger partial charge in [0.15, 0.2) is 0 Å². The lowest BCUT2D eigenvalue weighted by molar-refractivity contribution is -0.121. The van der Waals surface area contributed by atoms with E-state index in [9.17, 15) is 4.79 Å². The predicted molar refractivity (Wildman–Crippen MR) is 90.0 cm³/mol. The van der Waals surface area contributed by atoms with Gasteiger partial charge in [-0.3, -0.25) is 4.79 Å². The van der Waals surface area contributed by atoms with E-state index in [1.807, 2.05) is 24.3 Å². The van der Waals surface area contributed by atoms with Crippen LogP contribution in [0.3, 0.4) is 0 Å². The van der Waals surface area contributed by atoms with Gasteiger partial charge in [0.05, 0.1) is 11.6 Å². The summed E-state index contributed by atoms with van der Waals surface area (Å²) >= 11 is 5.18. The Balaban J connectivity index is 1.72. The number of nitrogens with one attached hydrogen (secondary N) is 1. The molecule has 0 bridgehead atoms. The first kappa shape index (κ1) is 16.0. The number of carbonyl (C=O) groups excluding carboxylic acids is 1. The summed E-state index contributed by atoms with van der Waals surface area (Å²) < 4.78 is 6.11. The topological polar surface area (TPSA) is 38.3 Å². The molecular weight excluding hydrogens is 350 g/mol. The molecule has 0 radical (unpaired) electrons. The Morgan fingerprint density at radius 1 is 1.33 bits per heavy atom. The van der Waals surface area contributed by atoms with Crippen molar-refractivity contribution >= 4 is 33.2 Å². The third-order valence-electron chi connectivity index (χ3n) is 3.13. The van der Waals surface area contributed by atoms with E-state index in [1.165, 1.54) is 4.88 Å². The van der Waals surface area contributed by atoms with Crippen LogP contribution < -0.4 is 10.1 Å². The van der Waals surface area contributed by atoms with Crippen LogP contribution in [0, 0.1) is 0 Å². The van der Waals surface area contributed by atoms with Gasteiger partial charge in [-0.1, -0.05) is 12.1 Å². The lowest BCUT2D eigenvalue weighted by Crippen LogP contribution is -2.25. The quantitative estimate of drug-likeness (QED) is 0.807. The van der Waals surface area contributed by atoms with E-state index in [2.05, 4.69) is 32.7 Å². The number of hydrogen-bond acceptors (Lipinski definition) is 3. The van der Waals surface area contributed by atoms with E-state index in [-0.39, 0.29) is 5.91 Å². The monoisotopic (exact) mass is 367 g/mol. The molecule has 2 aromatic rings. The molecule has 5 heteroatoms. The summed E-state index contributed by atoms with van der Waals surface area (Å²) in [5, 5.41) is 5.01. The normalized spacial score (nSPS) is 10.4. The van der Waals surface area contributed by atoms with Gasteiger partial charge in [0, 0.05) is 17.8 Å². The molecule has 1 amide bonds. The first-order chi connectivity index (χ1) is 10.2. The molecule has 3 nitrogen and oxygen atoms in total. The minimum absolute atomic E-state index is 0.0958. The number of amides is 1. The molecule has 0 saturated carbocycles. The molecule has 2 rings (SSSR count). The summed E-state index contributed by atoms with van der Waals surface area (Å²) in [4.78, 5) is 13.1. The van der Waals surface area contributed by atoms with Gasteiger partial charge in [0.25, 0.3) is 0 Å². The summed E-state index contributed by atoms with van der Waals surface area (Å²) in [6.45, 7) is 0.700. The molecule has 21 heavy (non-hydrogen) atoms. The average Bonchev–Trinajstić information content (AvgIpc) is 2.98. The molecule has 0 aliphatic heterocycles. The highest BCUT2D eigenvalue weighted by molar-refractivity contribution is 9.10. The third-order valence-corrected chi connectivity index (χ3v) is 4.69. The zero-order valence-corrected chi connectivity index (χ0v) is 14.3. The van der Waals surface area contributed by atoms with Crippen LogP contribution in [0.2, 0.25) is 0 Å². The van der Waals surface area contributed by atoms with Crippen LogP contribution in [0.25, 0.3) is 0 Å². The van der Waals surface area contributed by atoms with Crippen LogP contribution in [0.5, 0.6) is 5.75 Å². The molecule has 0 aliphatic rings. The van der Waals surface area contributed by atoms with Crippen molar-refractivity contribution in [3.05, 3.63) is 50.6 Å². The number of thiophene rings is 1. The number of ether oxygens (including phenoxy) is 1. The maximum absolute atomic E-state index is 11.8. The van der Waals surface area contributed by atoms with E-state index in [0.717, 1.165) is 28.6 Å². The van der Waals surface area contributed by atoms with Gasteiger partial charge in [0.1, 0.15) is 5.75 Å². The second-order valence-electron chi connectivity index (χ2n) is 4.65. The Hall–Kier alpha value is -1.33. The van der Waals surface area contributed by atoms with Crippen molar-refractivity contribution in [2.75, 3.05) is 13.7 Å². The molecule has 0 spiro atoms. The maximum Gasteiger partial charge on any atom is 0.220 e. The second-order valence-corrected chi connectivity index (χ2v) is 6.53.